The molecule has 1 saturated carbocycles. The summed E-state index contributed by atoms with van der Waals surface area (Å²) < 4.78 is 22.6. The van der Waals surface area contributed by atoms with E-state index in [1.807, 2.05) is 121 Å². The van der Waals surface area contributed by atoms with E-state index in [1.165, 1.54) is 0 Å². The Hall–Kier alpha value is -3.07. The Balaban J connectivity index is 1.48. The van der Waals surface area contributed by atoms with Crippen LogP contribution in [0.15, 0.2) is 121 Å². The molecule has 0 bridgehead atoms. The van der Waals surface area contributed by atoms with E-state index >= 15 is 0 Å². The van der Waals surface area contributed by atoms with Gasteiger partial charge in [0.25, 0.3) is 0 Å². The Labute approximate surface area is 262 Å². The number of carbonyl (C=O) groups is 1. The lowest BCUT2D eigenvalue weighted by Gasteiger charge is -2.51. The molecule has 6 nitrogen and oxygen atoms in total. The molecule has 4 unspecified atom stereocenters. The summed E-state index contributed by atoms with van der Waals surface area (Å²) in [6.07, 6.45) is -3.52. The molecule has 4 aromatic rings. The van der Waals surface area contributed by atoms with Gasteiger partial charge in [-0.15, -0.1) is 0 Å². The summed E-state index contributed by atoms with van der Waals surface area (Å²) in [4.78, 5) is 14.0. The first-order valence-electron chi connectivity index (χ1n) is 14.1. The quantitative estimate of drug-likeness (QED) is 0.173. The zero-order chi connectivity index (χ0) is 30.1. The van der Waals surface area contributed by atoms with Gasteiger partial charge in [0.2, 0.25) is 10.1 Å². The maximum atomic E-state index is 14.0. The monoisotopic (exact) mass is 620 g/mol. The van der Waals surface area contributed by atoms with Gasteiger partial charge in [0.1, 0.15) is 18.3 Å². The van der Waals surface area contributed by atoms with Crippen molar-refractivity contribution in [2.45, 2.75) is 54.7 Å². The van der Waals surface area contributed by atoms with Crippen LogP contribution in [0.25, 0.3) is 0 Å². The van der Waals surface area contributed by atoms with Gasteiger partial charge in [-0.25, -0.2) is 0 Å². The van der Waals surface area contributed by atoms with E-state index in [0.29, 0.717) is 0 Å². The predicted molar refractivity (Wildman–Crippen MR) is 166 cm³/mol. The first kappa shape index (κ1) is 31.4. The number of Topliss-reactive ketones (excluding diaryl/α,β-unsaturated/α-hetero) is 1. The SMILES string of the molecule is O=C1C(OCc2ccccc2)C(OCc2ccccc2)C(OCc2ccccc2)C(O)(COCc2ccccc2)C1(Cl)Cl. The number of rotatable bonds is 13. The summed E-state index contributed by atoms with van der Waals surface area (Å²) in [5, 5.41) is 12.3. The fourth-order valence-corrected chi connectivity index (χ4v) is 5.63. The third-order valence-electron chi connectivity index (χ3n) is 7.44. The van der Waals surface area contributed by atoms with E-state index in [4.69, 9.17) is 42.1 Å². The van der Waals surface area contributed by atoms with Gasteiger partial charge in [0.05, 0.1) is 33.0 Å². The van der Waals surface area contributed by atoms with E-state index in [9.17, 15) is 9.90 Å². The molecule has 0 aromatic heterocycles. The first-order chi connectivity index (χ1) is 20.9. The van der Waals surface area contributed by atoms with Crippen molar-refractivity contribution in [3.63, 3.8) is 0 Å². The Morgan fingerprint density at radius 1 is 0.581 bits per heavy atom. The number of aliphatic hydroxyl groups is 1. The Kier molecular flexibility index (Phi) is 10.6. The lowest BCUT2D eigenvalue weighted by molar-refractivity contribution is -0.243. The van der Waals surface area contributed by atoms with Gasteiger partial charge in [0, 0.05) is 0 Å². The van der Waals surface area contributed by atoms with Crippen molar-refractivity contribution in [1.82, 2.24) is 0 Å². The van der Waals surface area contributed by atoms with Gasteiger partial charge < -0.3 is 24.1 Å². The minimum Gasteiger partial charge on any atom is -0.381 e. The lowest BCUT2D eigenvalue weighted by Crippen LogP contribution is -2.74. The molecule has 8 heteroatoms. The molecule has 5 rings (SSSR count). The Morgan fingerprint density at radius 2 is 0.977 bits per heavy atom. The maximum Gasteiger partial charge on any atom is 0.211 e. The van der Waals surface area contributed by atoms with Crippen LogP contribution in [0.4, 0.5) is 0 Å². The summed E-state index contributed by atoms with van der Waals surface area (Å²) >= 11 is 13.6. The fourth-order valence-electron chi connectivity index (χ4n) is 5.09. The van der Waals surface area contributed by atoms with Crippen molar-refractivity contribution in [2.75, 3.05) is 6.61 Å². The van der Waals surface area contributed by atoms with E-state index < -0.39 is 40.6 Å². The van der Waals surface area contributed by atoms with Gasteiger partial charge in [-0.1, -0.05) is 145 Å². The summed E-state index contributed by atoms with van der Waals surface area (Å²) in [7, 11) is 0. The van der Waals surface area contributed by atoms with Gasteiger partial charge in [0.15, 0.2) is 5.60 Å². The second kappa shape index (κ2) is 14.6. The number of hydrogen-bond donors (Lipinski definition) is 1. The van der Waals surface area contributed by atoms with E-state index in [1.54, 1.807) is 0 Å². The van der Waals surface area contributed by atoms with Crippen molar-refractivity contribution in [3.05, 3.63) is 144 Å². The molecular formula is C35H34Cl2O6. The van der Waals surface area contributed by atoms with Crippen molar-refractivity contribution in [2.24, 2.45) is 0 Å². The zero-order valence-corrected chi connectivity index (χ0v) is 25.1. The van der Waals surface area contributed by atoms with Crippen LogP contribution in [0.3, 0.4) is 0 Å². The number of carbonyl (C=O) groups excluding carboxylic acids is 1. The fraction of sp³-hybridized carbons (Fsp3) is 0.286. The van der Waals surface area contributed by atoms with Gasteiger partial charge in [-0.2, -0.15) is 0 Å². The molecule has 0 amide bonds. The second-order valence-corrected chi connectivity index (χ2v) is 11.9. The molecule has 4 aromatic carbocycles. The van der Waals surface area contributed by atoms with Crippen LogP contribution in [0.2, 0.25) is 0 Å². The Bertz CT molecular complexity index is 1420. The van der Waals surface area contributed by atoms with Crippen molar-refractivity contribution < 1.29 is 28.8 Å². The molecule has 0 spiro atoms. The molecule has 1 fully saturated rings. The minimum atomic E-state index is -2.33. The highest BCUT2D eigenvalue weighted by atomic mass is 35.5. The molecule has 4 atom stereocenters. The average Bonchev–Trinajstić information content (AvgIpc) is 3.04. The zero-order valence-electron chi connectivity index (χ0n) is 23.6. The molecule has 224 valence electrons. The molecule has 0 heterocycles. The van der Waals surface area contributed by atoms with Gasteiger partial charge in [-0.05, 0) is 22.3 Å². The number of halogens is 2. The van der Waals surface area contributed by atoms with Crippen molar-refractivity contribution >= 4 is 29.0 Å². The summed E-state index contributed by atoms with van der Waals surface area (Å²) in [6.45, 7) is 0.0995. The number of benzene rings is 4. The highest BCUT2D eigenvalue weighted by molar-refractivity contribution is 6.60. The first-order valence-corrected chi connectivity index (χ1v) is 14.9. The lowest BCUT2D eigenvalue weighted by atomic mass is 9.76. The predicted octanol–water partition coefficient (Wildman–Crippen LogP) is 6.45. The summed E-state index contributed by atoms with van der Waals surface area (Å²) in [5.74, 6) is -0.727. The standard InChI is InChI=1S/C35H34Cl2O6/c36-35(37)32(38)30(41-22-27-15-7-2-8-16-27)31(42-23-28-17-9-3-10-18-28)33(43-24-29-19-11-4-12-20-29)34(35,39)25-40-21-26-13-5-1-6-14-26/h1-20,30-31,33,39H,21-25H2. The second-order valence-electron chi connectivity index (χ2n) is 10.5. The summed E-state index contributed by atoms with van der Waals surface area (Å²) in [5.41, 5.74) is 1.26. The van der Waals surface area contributed by atoms with E-state index in [-0.39, 0.29) is 26.4 Å². The van der Waals surface area contributed by atoms with Crippen LogP contribution in [-0.2, 0) is 50.2 Å². The van der Waals surface area contributed by atoms with Crippen molar-refractivity contribution in [3.8, 4) is 0 Å². The smallest absolute Gasteiger partial charge is 0.211 e. The molecule has 0 aliphatic heterocycles. The van der Waals surface area contributed by atoms with Gasteiger partial charge >= 0.3 is 0 Å². The molecule has 1 aliphatic carbocycles. The number of hydrogen-bond acceptors (Lipinski definition) is 6. The topological polar surface area (TPSA) is 74.2 Å². The third-order valence-corrected chi connectivity index (χ3v) is 8.47. The van der Waals surface area contributed by atoms with Crippen LogP contribution in [0, 0.1) is 0 Å². The molecule has 0 saturated heterocycles. The van der Waals surface area contributed by atoms with Crippen LogP contribution in [0.1, 0.15) is 22.3 Å². The average molecular weight is 622 g/mol. The molecule has 1 aliphatic rings. The molecule has 1 N–H and O–H groups in total. The van der Waals surface area contributed by atoms with Crippen LogP contribution in [0.5, 0.6) is 0 Å². The largest absolute Gasteiger partial charge is 0.381 e. The molecular weight excluding hydrogens is 587 g/mol. The minimum absolute atomic E-state index is 0.0979. The highest BCUT2D eigenvalue weighted by Gasteiger charge is 2.68. The maximum absolute atomic E-state index is 14.0. The van der Waals surface area contributed by atoms with Crippen LogP contribution in [-0.4, -0.2) is 45.7 Å². The van der Waals surface area contributed by atoms with Crippen LogP contribution < -0.4 is 0 Å². The third kappa shape index (κ3) is 7.54. The van der Waals surface area contributed by atoms with Gasteiger partial charge in [-0.3, -0.25) is 4.79 Å². The number of alkyl halides is 2. The number of ether oxygens (including phenoxy) is 4. The molecule has 0 radical (unpaired) electrons. The normalized spacial score (nSPS) is 23.2. The summed E-state index contributed by atoms with van der Waals surface area (Å²) in [6, 6.07) is 37.9. The highest BCUT2D eigenvalue weighted by Crippen LogP contribution is 2.47. The van der Waals surface area contributed by atoms with E-state index in [2.05, 4.69) is 0 Å². The number of ketones is 1. The van der Waals surface area contributed by atoms with E-state index in [0.717, 1.165) is 22.3 Å². The Morgan fingerprint density at radius 3 is 1.44 bits per heavy atom. The van der Waals surface area contributed by atoms with Crippen LogP contribution >= 0.6 is 23.2 Å². The molecule has 43 heavy (non-hydrogen) atoms. The van der Waals surface area contributed by atoms with Crippen molar-refractivity contribution in [1.29, 1.82) is 0 Å².